The molecule has 1 N–H and O–H groups in total. The quantitative estimate of drug-likeness (QED) is 0.709. The number of furan rings is 1. The molecule has 0 unspecified atom stereocenters. The standard InChI is InChI=1S/C11H17BrF2N2O3S/c1-3-4-15-6-8-5-9(11(12)19-8)20(17,18)16(2)7-10(13)14/h5,10,15H,3-4,6-7H2,1-2H3. The van der Waals surface area contributed by atoms with Crippen molar-refractivity contribution in [1.82, 2.24) is 9.62 Å². The number of hydrogen-bond donors (Lipinski definition) is 1. The van der Waals surface area contributed by atoms with Gasteiger partial charge >= 0.3 is 0 Å². The van der Waals surface area contributed by atoms with Crippen molar-refractivity contribution < 1.29 is 21.6 Å². The number of rotatable bonds is 8. The Labute approximate surface area is 125 Å². The average molecular weight is 375 g/mol. The van der Waals surface area contributed by atoms with Crippen LogP contribution >= 0.6 is 15.9 Å². The van der Waals surface area contributed by atoms with Crippen LogP contribution in [-0.2, 0) is 16.6 Å². The van der Waals surface area contributed by atoms with Crippen LogP contribution < -0.4 is 5.32 Å². The fraction of sp³-hybridized carbons (Fsp3) is 0.636. The van der Waals surface area contributed by atoms with Gasteiger partial charge in [-0.05, 0) is 28.9 Å². The first-order valence-corrected chi connectivity index (χ1v) is 8.25. The molecule has 0 saturated carbocycles. The average Bonchev–Trinajstić information content (AvgIpc) is 2.70. The minimum Gasteiger partial charge on any atom is -0.452 e. The molecule has 0 aromatic carbocycles. The molecule has 0 amide bonds. The third-order valence-corrected chi connectivity index (χ3v) is 5.20. The second-order valence-electron chi connectivity index (χ2n) is 4.20. The van der Waals surface area contributed by atoms with Gasteiger partial charge in [0.15, 0.2) is 4.67 Å². The molecule has 0 atom stereocenters. The molecule has 9 heteroatoms. The summed E-state index contributed by atoms with van der Waals surface area (Å²) in [5, 5.41) is 3.06. The summed E-state index contributed by atoms with van der Waals surface area (Å²) in [5.74, 6) is 0.425. The SMILES string of the molecule is CCCNCc1cc(S(=O)(=O)N(C)CC(F)F)c(Br)o1. The van der Waals surface area contributed by atoms with Crippen LogP contribution in [-0.4, -0.2) is 39.3 Å². The summed E-state index contributed by atoms with van der Waals surface area (Å²) in [6, 6.07) is 1.34. The van der Waals surface area contributed by atoms with Crippen molar-refractivity contribution in [3.63, 3.8) is 0 Å². The topological polar surface area (TPSA) is 62.6 Å². The van der Waals surface area contributed by atoms with Crippen LogP contribution in [0.1, 0.15) is 19.1 Å². The number of hydrogen-bond acceptors (Lipinski definition) is 4. The zero-order valence-electron chi connectivity index (χ0n) is 11.2. The third-order valence-electron chi connectivity index (χ3n) is 2.52. The first kappa shape index (κ1) is 17.5. The van der Waals surface area contributed by atoms with Crippen molar-refractivity contribution in [2.45, 2.75) is 31.2 Å². The Morgan fingerprint density at radius 1 is 1.50 bits per heavy atom. The number of halogens is 3. The number of sulfonamides is 1. The van der Waals surface area contributed by atoms with Crippen LogP contribution in [0.4, 0.5) is 8.78 Å². The highest BCUT2D eigenvalue weighted by atomic mass is 79.9. The van der Waals surface area contributed by atoms with Gasteiger partial charge in [0.05, 0.1) is 13.1 Å². The van der Waals surface area contributed by atoms with Crippen LogP contribution in [0.3, 0.4) is 0 Å². The highest BCUT2D eigenvalue weighted by molar-refractivity contribution is 9.10. The normalized spacial score (nSPS) is 12.6. The Morgan fingerprint density at radius 2 is 2.15 bits per heavy atom. The predicted molar refractivity (Wildman–Crippen MR) is 74.2 cm³/mol. The van der Waals surface area contributed by atoms with Gasteiger partial charge in [-0.3, -0.25) is 0 Å². The van der Waals surface area contributed by atoms with Gasteiger partial charge in [-0.25, -0.2) is 17.2 Å². The number of nitrogens with one attached hydrogen (secondary N) is 1. The maximum absolute atomic E-state index is 12.3. The molecule has 1 heterocycles. The van der Waals surface area contributed by atoms with Gasteiger partial charge in [0.2, 0.25) is 10.0 Å². The molecule has 0 radical (unpaired) electrons. The van der Waals surface area contributed by atoms with E-state index in [4.69, 9.17) is 4.42 Å². The second-order valence-corrected chi connectivity index (χ2v) is 6.94. The molecule has 5 nitrogen and oxygen atoms in total. The van der Waals surface area contributed by atoms with Crippen LogP contribution in [0.5, 0.6) is 0 Å². The van der Waals surface area contributed by atoms with E-state index in [0.717, 1.165) is 20.0 Å². The predicted octanol–water partition coefficient (Wildman–Crippen LogP) is 2.43. The minimum absolute atomic E-state index is 0.0203. The lowest BCUT2D eigenvalue weighted by Crippen LogP contribution is -2.31. The van der Waals surface area contributed by atoms with E-state index in [9.17, 15) is 17.2 Å². The first-order valence-electron chi connectivity index (χ1n) is 6.02. The van der Waals surface area contributed by atoms with Gasteiger partial charge in [-0.1, -0.05) is 6.92 Å². The number of nitrogens with zero attached hydrogens (tertiary/aromatic N) is 1. The second kappa shape index (κ2) is 7.48. The van der Waals surface area contributed by atoms with E-state index in [-0.39, 0.29) is 9.56 Å². The van der Waals surface area contributed by atoms with Crippen LogP contribution in [0.25, 0.3) is 0 Å². The fourth-order valence-electron chi connectivity index (χ4n) is 1.51. The molecule has 0 spiro atoms. The zero-order valence-corrected chi connectivity index (χ0v) is 13.6. The Balaban J connectivity index is 2.89. The van der Waals surface area contributed by atoms with E-state index < -0.39 is 23.0 Å². The van der Waals surface area contributed by atoms with Crippen molar-refractivity contribution in [3.8, 4) is 0 Å². The highest BCUT2D eigenvalue weighted by Gasteiger charge is 2.28. The van der Waals surface area contributed by atoms with E-state index >= 15 is 0 Å². The van der Waals surface area contributed by atoms with Crippen molar-refractivity contribution in [3.05, 3.63) is 16.5 Å². The summed E-state index contributed by atoms with van der Waals surface area (Å²) in [7, 11) is -2.88. The van der Waals surface area contributed by atoms with E-state index in [2.05, 4.69) is 21.2 Å². The summed E-state index contributed by atoms with van der Waals surface area (Å²) in [6.45, 7) is 2.29. The van der Waals surface area contributed by atoms with Crippen molar-refractivity contribution >= 4 is 26.0 Å². The Hall–Kier alpha value is -0.510. The van der Waals surface area contributed by atoms with Crippen molar-refractivity contribution in [2.24, 2.45) is 0 Å². The summed E-state index contributed by atoms with van der Waals surface area (Å²) >= 11 is 3.01. The molecule has 1 rings (SSSR count). The molecular weight excluding hydrogens is 358 g/mol. The minimum atomic E-state index is -3.99. The maximum Gasteiger partial charge on any atom is 0.252 e. The van der Waals surface area contributed by atoms with Gasteiger partial charge in [-0.2, -0.15) is 4.31 Å². The molecule has 0 fully saturated rings. The molecular formula is C11H17BrF2N2O3S. The summed E-state index contributed by atoms with van der Waals surface area (Å²) in [6.07, 6.45) is -1.80. The lowest BCUT2D eigenvalue weighted by molar-refractivity contribution is 0.126. The van der Waals surface area contributed by atoms with E-state index in [1.54, 1.807) is 0 Å². The first-order chi connectivity index (χ1) is 9.28. The van der Waals surface area contributed by atoms with Gasteiger partial charge in [0, 0.05) is 13.1 Å². The molecule has 0 saturated heterocycles. The molecule has 1 aromatic rings. The summed E-state index contributed by atoms with van der Waals surface area (Å²) in [4.78, 5) is -0.144. The Kier molecular flexibility index (Phi) is 6.56. The van der Waals surface area contributed by atoms with Crippen LogP contribution in [0.2, 0.25) is 0 Å². The molecule has 0 aliphatic heterocycles. The summed E-state index contributed by atoms with van der Waals surface area (Å²) < 4.78 is 54.7. The molecule has 20 heavy (non-hydrogen) atoms. The highest BCUT2D eigenvalue weighted by Crippen LogP contribution is 2.28. The monoisotopic (exact) mass is 374 g/mol. The maximum atomic E-state index is 12.3. The smallest absolute Gasteiger partial charge is 0.252 e. The van der Waals surface area contributed by atoms with Gasteiger partial charge in [0.1, 0.15) is 10.7 Å². The van der Waals surface area contributed by atoms with Gasteiger partial charge in [0.25, 0.3) is 6.43 Å². The van der Waals surface area contributed by atoms with Gasteiger partial charge in [-0.15, -0.1) is 0 Å². The number of alkyl halides is 2. The largest absolute Gasteiger partial charge is 0.452 e. The molecule has 1 aromatic heterocycles. The third kappa shape index (κ3) is 4.51. The molecule has 0 aliphatic carbocycles. The van der Waals surface area contributed by atoms with Crippen molar-refractivity contribution in [2.75, 3.05) is 20.1 Å². The lowest BCUT2D eigenvalue weighted by Gasteiger charge is -2.15. The fourth-order valence-corrected chi connectivity index (χ4v) is 3.62. The van der Waals surface area contributed by atoms with E-state index in [0.29, 0.717) is 16.6 Å². The van der Waals surface area contributed by atoms with Crippen molar-refractivity contribution in [1.29, 1.82) is 0 Å². The van der Waals surface area contributed by atoms with E-state index in [1.165, 1.54) is 6.07 Å². The Morgan fingerprint density at radius 3 is 2.70 bits per heavy atom. The van der Waals surface area contributed by atoms with E-state index in [1.807, 2.05) is 6.92 Å². The van der Waals surface area contributed by atoms with Crippen LogP contribution in [0, 0.1) is 0 Å². The van der Waals surface area contributed by atoms with Crippen LogP contribution in [0.15, 0.2) is 20.0 Å². The molecule has 0 bridgehead atoms. The Bertz CT molecular complexity index is 534. The lowest BCUT2D eigenvalue weighted by atomic mass is 10.4. The molecule has 116 valence electrons. The summed E-state index contributed by atoms with van der Waals surface area (Å²) in [5.41, 5.74) is 0. The molecule has 0 aliphatic rings. The van der Waals surface area contributed by atoms with Gasteiger partial charge < -0.3 is 9.73 Å². The zero-order chi connectivity index (χ0) is 15.3.